The molecule has 5 rings (SSSR count). The molecule has 14 heteroatoms. The van der Waals surface area contributed by atoms with Crippen LogP contribution in [0.3, 0.4) is 0 Å². The van der Waals surface area contributed by atoms with Crippen LogP contribution in [0.2, 0.25) is 5.02 Å². The van der Waals surface area contributed by atoms with E-state index in [-0.39, 0.29) is 33.5 Å². The Labute approximate surface area is 281 Å². The molecule has 248 valence electrons. The SMILES string of the molecule is COc1cc(C(C)(C)c2cnc(SCc3c(F)cc(S(=O)(=O)NCCC[n+]4ccn(C)c4)cc3Cl)n2-c2ccc(F)cc2)ccc1F. The molecule has 1 N–H and O–H groups in total. The second-order valence-electron chi connectivity index (χ2n) is 11.4. The summed E-state index contributed by atoms with van der Waals surface area (Å²) >= 11 is 7.64. The Balaban J connectivity index is 1.38. The molecule has 0 saturated heterocycles. The van der Waals surface area contributed by atoms with Gasteiger partial charge in [-0.25, -0.2) is 40.4 Å². The number of imidazole rings is 2. The zero-order valence-electron chi connectivity index (χ0n) is 26.2. The molecule has 2 aromatic heterocycles. The predicted octanol–water partition coefficient (Wildman–Crippen LogP) is 6.56. The molecule has 0 aliphatic heterocycles. The minimum absolute atomic E-state index is 0.0230. The number of halogens is 4. The van der Waals surface area contributed by atoms with E-state index in [1.807, 2.05) is 53.3 Å². The summed E-state index contributed by atoms with van der Waals surface area (Å²) in [6, 6.07) is 12.7. The highest BCUT2D eigenvalue weighted by atomic mass is 35.5. The third-order valence-electron chi connectivity index (χ3n) is 7.81. The van der Waals surface area contributed by atoms with E-state index in [4.69, 9.17) is 16.3 Å². The Morgan fingerprint density at radius 3 is 2.47 bits per heavy atom. The largest absolute Gasteiger partial charge is 0.494 e. The van der Waals surface area contributed by atoms with Gasteiger partial charge in [-0.2, -0.15) is 0 Å². The molecule has 0 unspecified atom stereocenters. The quantitative estimate of drug-likeness (QED) is 0.0853. The highest BCUT2D eigenvalue weighted by Gasteiger charge is 2.31. The van der Waals surface area contributed by atoms with E-state index in [9.17, 15) is 17.2 Å². The number of ether oxygens (including phenoxy) is 1. The van der Waals surface area contributed by atoms with E-state index >= 15 is 4.39 Å². The van der Waals surface area contributed by atoms with Crippen LogP contribution in [0.25, 0.3) is 5.69 Å². The average molecular weight is 705 g/mol. The number of rotatable bonds is 13. The van der Waals surface area contributed by atoms with Crippen LogP contribution in [0.15, 0.2) is 89.6 Å². The van der Waals surface area contributed by atoms with Crippen molar-refractivity contribution in [3.63, 3.8) is 0 Å². The highest BCUT2D eigenvalue weighted by molar-refractivity contribution is 7.98. The second-order valence-corrected chi connectivity index (χ2v) is 14.6. The van der Waals surface area contributed by atoms with Gasteiger partial charge in [0.1, 0.15) is 24.0 Å². The van der Waals surface area contributed by atoms with Crippen molar-refractivity contribution >= 4 is 33.4 Å². The molecule has 0 radical (unpaired) electrons. The lowest BCUT2D eigenvalue weighted by molar-refractivity contribution is -0.696. The molecule has 0 aliphatic rings. The van der Waals surface area contributed by atoms with Crippen molar-refractivity contribution in [2.24, 2.45) is 7.05 Å². The van der Waals surface area contributed by atoms with Crippen molar-refractivity contribution < 1.29 is 30.9 Å². The van der Waals surface area contributed by atoms with Crippen LogP contribution in [-0.4, -0.2) is 36.2 Å². The molecular formula is C33H34ClF3N5O3S2+. The van der Waals surface area contributed by atoms with Gasteiger partial charge in [-0.15, -0.1) is 0 Å². The lowest BCUT2D eigenvalue weighted by atomic mass is 9.81. The fraction of sp³-hybridized carbons (Fsp3) is 0.273. The van der Waals surface area contributed by atoms with Gasteiger partial charge in [-0.3, -0.25) is 4.57 Å². The molecule has 0 spiro atoms. The Bertz CT molecular complexity index is 1970. The maximum atomic E-state index is 15.4. The van der Waals surface area contributed by atoms with Gasteiger partial charge in [0.05, 0.1) is 37.5 Å². The van der Waals surface area contributed by atoms with Gasteiger partial charge in [-0.05, 0) is 60.5 Å². The number of methoxy groups -OCH3 is 1. The lowest BCUT2D eigenvalue weighted by Gasteiger charge is -2.28. The number of aromatic nitrogens is 4. The fourth-order valence-electron chi connectivity index (χ4n) is 5.11. The number of aryl methyl sites for hydroxylation is 2. The summed E-state index contributed by atoms with van der Waals surface area (Å²) in [7, 11) is -0.722. The van der Waals surface area contributed by atoms with Gasteiger partial charge in [0, 0.05) is 34.0 Å². The third-order valence-corrected chi connectivity index (χ3v) is 10.6. The summed E-state index contributed by atoms with van der Waals surface area (Å²) in [6.07, 6.45) is 7.86. The van der Waals surface area contributed by atoms with Crippen LogP contribution >= 0.6 is 23.4 Å². The normalized spacial score (nSPS) is 12.1. The molecule has 5 aromatic rings. The molecule has 0 amide bonds. The van der Waals surface area contributed by atoms with Gasteiger partial charge >= 0.3 is 0 Å². The summed E-state index contributed by atoms with van der Waals surface area (Å²) in [5.74, 6) is -1.57. The third kappa shape index (κ3) is 7.69. The van der Waals surface area contributed by atoms with Crippen molar-refractivity contribution in [1.82, 2.24) is 18.8 Å². The van der Waals surface area contributed by atoms with Crippen LogP contribution in [0, 0.1) is 17.5 Å². The number of nitrogens with zero attached hydrogens (tertiary/aromatic N) is 4. The van der Waals surface area contributed by atoms with E-state index < -0.39 is 32.9 Å². The standard InChI is InChI=1S/C33H34ClF3N5O3S2/c1-33(2,22-6-11-28(36)30(16-22)45-4)31-19-38-32(42(31)24-9-7-23(35)8-10-24)46-20-26-27(34)17-25(18-29(26)37)47(43,44)39-12-5-13-41-15-14-40(3)21-41/h6-11,14-19,21,39H,5,12-13,20H2,1-4H3/q+1. The Kier molecular flexibility index (Phi) is 10.4. The minimum atomic E-state index is -4.01. The predicted molar refractivity (Wildman–Crippen MR) is 175 cm³/mol. The first-order chi connectivity index (χ1) is 22.3. The van der Waals surface area contributed by atoms with Crippen LogP contribution in [0.5, 0.6) is 5.75 Å². The summed E-state index contributed by atoms with van der Waals surface area (Å²) in [5, 5.41) is 0.412. The summed E-state index contributed by atoms with van der Waals surface area (Å²) in [6.45, 7) is 4.65. The number of hydrogen-bond acceptors (Lipinski definition) is 5. The number of thioether (sulfide) groups is 1. The van der Waals surface area contributed by atoms with Crippen LogP contribution in [0.4, 0.5) is 13.2 Å². The Morgan fingerprint density at radius 1 is 1.06 bits per heavy atom. The van der Waals surface area contributed by atoms with Crippen molar-refractivity contribution in [2.75, 3.05) is 13.7 Å². The van der Waals surface area contributed by atoms with Crippen LogP contribution in [-0.2, 0) is 34.8 Å². The monoisotopic (exact) mass is 704 g/mol. The van der Waals surface area contributed by atoms with Crippen LogP contribution in [0.1, 0.15) is 37.1 Å². The van der Waals surface area contributed by atoms with E-state index in [0.717, 1.165) is 11.6 Å². The number of benzene rings is 3. The first kappa shape index (κ1) is 34.6. The van der Waals surface area contributed by atoms with E-state index in [1.54, 1.807) is 30.5 Å². The van der Waals surface area contributed by atoms with Crippen LogP contribution < -0.4 is 14.0 Å². The molecule has 0 saturated carbocycles. The van der Waals surface area contributed by atoms with Crippen molar-refractivity contribution in [2.45, 2.75) is 48.0 Å². The van der Waals surface area contributed by atoms with Crippen molar-refractivity contribution in [3.05, 3.63) is 119 Å². The number of nitrogens with one attached hydrogen (secondary N) is 1. The average Bonchev–Trinajstić information content (AvgIpc) is 3.65. The smallest absolute Gasteiger partial charge is 0.243 e. The molecule has 0 aliphatic carbocycles. The van der Waals surface area contributed by atoms with Crippen molar-refractivity contribution in [3.8, 4) is 11.4 Å². The highest BCUT2D eigenvalue weighted by Crippen LogP contribution is 2.39. The molecule has 2 heterocycles. The zero-order valence-corrected chi connectivity index (χ0v) is 28.6. The first-order valence-electron chi connectivity index (χ1n) is 14.6. The van der Waals surface area contributed by atoms with E-state index in [2.05, 4.69) is 9.71 Å². The summed E-state index contributed by atoms with van der Waals surface area (Å²) in [5.41, 5.74) is 1.42. The molecular weight excluding hydrogens is 671 g/mol. The zero-order chi connectivity index (χ0) is 33.9. The second kappa shape index (κ2) is 14.1. The molecule has 3 aromatic carbocycles. The minimum Gasteiger partial charge on any atom is -0.494 e. The maximum Gasteiger partial charge on any atom is 0.243 e. The topological polar surface area (TPSA) is 82.0 Å². The lowest BCUT2D eigenvalue weighted by Crippen LogP contribution is -2.34. The molecule has 47 heavy (non-hydrogen) atoms. The van der Waals surface area contributed by atoms with Gasteiger partial charge < -0.3 is 4.74 Å². The Hall–Kier alpha value is -3.78. The Morgan fingerprint density at radius 2 is 1.81 bits per heavy atom. The van der Waals surface area contributed by atoms with Gasteiger partial charge in [0.25, 0.3) is 0 Å². The van der Waals surface area contributed by atoms with Gasteiger partial charge in [-0.1, -0.05) is 43.3 Å². The molecule has 0 atom stereocenters. The van der Waals surface area contributed by atoms with Gasteiger partial charge in [0.15, 0.2) is 16.7 Å². The summed E-state index contributed by atoms with van der Waals surface area (Å²) < 4.78 is 82.7. The molecule has 0 fully saturated rings. The number of hydrogen-bond donors (Lipinski definition) is 1. The van der Waals surface area contributed by atoms with Gasteiger partial charge in [0.2, 0.25) is 16.4 Å². The fourth-order valence-corrected chi connectivity index (χ4v) is 7.67. The molecule has 8 nitrogen and oxygen atoms in total. The maximum absolute atomic E-state index is 15.4. The van der Waals surface area contributed by atoms with E-state index in [1.165, 1.54) is 43.1 Å². The molecule has 0 bridgehead atoms. The van der Waals surface area contributed by atoms with E-state index in [0.29, 0.717) is 29.5 Å². The number of sulfonamides is 1. The first-order valence-corrected chi connectivity index (χ1v) is 17.4. The van der Waals surface area contributed by atoms with Crippen molar-refractivity contribution in [1.29, 1.82) is 0 Å². The summed E-state index contributed by atoms with van der Waals surface area (Å²) in [4.78, 5) is 4.34.